The molecule has 1 aromatic carbocycles. The van der Waals surface area contributed by atoms with Gasteiger partial charge in [-0.1, -0.05) is 45.0 Å². The van der Waals surface area contributed by atoms with Crippen molar-refractivity contribution in [2.45, 2.75) is 38.6 Å². The van der Waals surface area contributed by atoms with Crippen LogP contribution in [0.3, 0.4) is 0 Å². The van der Waals surface area contributed by atoms with E-state index in [4.69, 9.17) is 0 Å². The van der Waals surface area contributed by atoms with Gasteiger partial charge in [-0.05, 0) is 55.7 Å². The van der Waals surface area contributed by atoms with E-state index in [9.17, 15) is 14.7 Å². The summed E-state index contributed by atoms with van der Waals surface area (Å²) < 4.78 is 0. The number of rotatable bonds is 6. The molecular formula is C25H31N3O3. The first-order valence-corrected chi connectivity index (χ1v) is 10.5. The molecule has 3 rings (SSSR count). The Bertz CT molecular complexity index is 973. The molecule has 0 bridgehead atoms. The monoisotopic (exact) mass is 421 g/mol. The number of aromatic nitrogens is 1. The Balaban J connectivity index is 2.08. The number of ketones is 1. The van der Waals surface area contributed by atoms with Crippen LogP contribution in [-0.4, -0.2) is 58.8 Å². The van der Waals surface area contributed by atoms with Crippen molar-refractivity contribution in [1.29, 1.82) is 0 Å². The quantitative estimate of drug-likeness (QED) is 0.437. The van der Waals surface area contributed by atoms with Gasteiger partial charge >= 0.3 is 0 Å². The lowest BCUT2D eigenvalue weighted by Crippen LogP contribution is -2.32. The smallest absolute Gasteiger partial charge is 0.295 e. The SMILES string of the molecule is CN(C)CCCN1C(=O)C(=O)C(=C(O)c2ccncc2)[C@@H]1c1ccc(C(C)(C)C)cc1. The van der Waals surface area contributed by atoms with Crippen LogP contribution in [0.1, 0.15) is 49.9 Å². The predicted molar refractivity (Wildman–Crippen MR) is 122 cm³/mol. The van der Waals surface area contributed by atoms with E-state index in [-0.39, 0.29) is 16.7 Å². The maximum Gasteiger partial charge on any atom is 0.295 e. The van der Waals surface area contributed by atoms with Crippen molar-refractivity contribution in [1.82, 2.24) is 14.8 Å². The molecule has 2 aromatic rings. The first-order chi connectivity index (χ1) is 14.6. The molecule has 1 aromatic heterocycles. The number of nitrogens with zero attached hydrogens (tertiary/aromatic N) is 3. The molecule has 31 heavy (non-hydrogen) atoms. The number of likely N-dealkylation sites (tertiary alicyclic amines) is 1. The lowest BCUT2D eigenvalue weighted by atomic mass is 9.85. The minimum atomic E-state index is -0.649. The molecule has 1 aliphatic rings. The summed E-state index contributed by atoms with van der Waals surface area (Å²) in [6, 6.07) is 10.6. The summed E-state index contributed by atoms with van der Waals surface area (Å²) in [6.45, 7) is 7.64. The Kier molecular flexibility index (Phi) is 6.60. The minimum absolute atomic E-state index is 0.0108. The number of Topliss-reactive ketones (excluding diaryl/α,β-unsaturated/α-hetero) is 1. The molecule has 6 heteroatoms. The number of hydrogen-bond acceptors (Lipinski definition) is 5. The fourth-order valence-electron chi connectivity index (χ4n) is 3.85. The number of aliphatic hydroxyl groups excluding tert-OH is 1. The van der Waals surface area contributed by atoms with Crippen molar-refractivity contribution >= 4 is 17.4 Å². The number of carbonyl (C=O) groups excluding carboxylic acids is 2. The lowest BCUT2D eigenvalue weighted by Gasteiger charge is -2.27. The van der Waals surface area contributed by atoms with E-state index in [0.29, 0.717) is 12.1 Å². The molecule has 164 valence electrons. The van der Waals surface area contributed by atoms with E-state index in [1.165, 1.54) is 0 Å². The number of amides is 1. The van der Waals surface area contributed by atoms with Gasteiger partial charge in [0.2, 0.25) is 0 Å². The molecule has 6 nitrogen and oxygen atoms in total. The largest absolute Gasteiger partial charge is 0.507 e. The van der Waals surface area contributed by atoms with Crippen LogP contribution < -0.4 is 0 Å². The third kappa shape index (κ3) is 4.85. The van der Waals surface area contributed by atoms with Crippen LogP contribution in [0.2, 0.25) is 0 Å². The lowest BCUT2D eigenvalue weighted by molar-refractivity contribution is -0.139. The minimum Gasteiger partial charge on any atom is -0.507 e. The molecule has 0 aliphatic carbocycles. The summed E-state index contributed by atoms with van der Waals surface area (Å²) in [6.07, 6.45) is 3.83. The van der Waals surface area contributed by atoms with Crippen molar-refractivity contribution in [2.75, 3.05) is 27.2 Å². The van der Waals surface area contributed by atoms with Gasteiger partial charge in [-0.25, -0.2) is 0 Å². The number of pyridine rings is 1. The first-order valence-electron chi connectivity index (χ1n) is 10.5. The third-order valence-corrected chi connectivity index (χ3v) is 5.59. The number of carbonyl (C=O) groups is 2. The summed E-state index contributed by atoms with van der Waals surface area (Å²) in [5.41, 5.74) is 2.56. The zero-order chi connectivity index (χ0) is 22.8. The fourth-order valence-corrected chi connectivity index (χ4v) is 3.85. The van der Waals surface area contributed by atoms with Crippen LogP contribution in [0.15, 0.2) is 54.4 Å². The molecule has 1 saturated heterocycles. The van der Waals surface area contributed by atoms with Crippen LogP contribution in [0, 0.1) is 0 Å². The van der Waals surface area contributed by atoms with Gasteiger partial charge in [0.1, 0.15) is 5.76 Å². The molecule has 0 unspecified atom stereocenters. The molecule has 0 saturated carbocycles. The van der Waals surface area contributed by atoms with Crippen molar-refractivity contribution in [2.24, 2.45) is 0 Å². The maximum absolute atomic E-state index is 13.0. The van der Waals surface area contributed by atoms with Crippen molar-refractivity contribution in [3.63, 3.8) is 0 Å². The van der Waals surface area contributed by atoms with E-state index in [2.05, 4.69) is 25.8 Å². The molecule has 1 aliphatic heterocycles. The Morgan fingerprint density at radius 1 is 1.06 bits per heavy atom. The average molecular weight is 422 g/mol. The van der Waals surface area contributed by atoms with E-state index < -0.39 is 17.7 Å². The number of benzene rings is 1. The van der Waals surface area contributed by atoms with Crippen molar-refractivity contribution < 1.29 is 14.7 Å². The summed E-state index contributed by atoms with van der Waals surface area (Å²) >= 11 is 0. The average Bonchev–Trinajstić information content (AvgIpc) is 2.98. The zero-order valence-corrected chi connectivity index (χ0v) is 18.9. The van der Waals surface area contributed by atoms with E-state index in [1.807, 2.05) is 43.3 Å². The Labute approximate surface area is 184 Å². The third-order valence-electron chi connectivity index (χ3n) is 5.59. The van der Waals surface area contributed by atoms with Crippen LogP contribution in [0.4, 0.5) is 0 Å². The van der Waals surface area contributed by atoms with Gasteiger partial charge in [0.15, 0.2) is 0 Å². The topological polar surface area (TPSA) is 73.7 Å². The van der Waals surface area contributed by atoms with Gasteiger partial charge in [-0.2, -0.15) is 0 Å². The normalized spacial score (nSPS) is 18.8. The second-order valence-corrected chi connectivity index (χ2v) is 9.26. The highest BCUT2D eigenvalue weighted by atomic mass is 16.3. The Morgan fingerprint density at radius 2 is 1.68 bits per heavy atom. The van der Waals surface area contributed by atoms with Gasteiger partial charge in [0.25, 0.3) is 11.7 Å². The highest BCUT2D eigenvalue weighted by Crippen LogP contribution is 2.40. The fraction of sp³-hybridized carbons (Fsp3) is 0.400. The van der Waals surface area contributed by atoms with Gasteiger partial charge in [-0.3, -0.25) is 14.6 Å². The van der Waals surface area contributed by atoms with E-state index >= 15 is 0 Å². The van der Waals surface area contributed by atoms with Gasteiger partial charge < -0.3 is 14.9 Å². The van der Waals surface area contributed by atoms with Crippen molar-refractivity contribution in [3.05, 3.63) is 71.1 Å². The summed E-state index contributed by atoms with van der Waals surface area (Å²) in [5.74, 6) is -1.39. The molecule has 0 spiro atoms. The Morgan fingerprint density at radius 3 is 2.23 bits per heavy atom. The summed E-state index contributed by atoms with van der Waals surface area (Å²) in [5, 5.41) is 11.0. The summed E-state index contributed by atoms with van der Waals surface area (Å²) in [7, 11) is 3.94. The highest BCUT2D eigenvalue weighted by Gasteiger charge is 2.45. The Hall–Kier alpha value is -2.99. The molecule has 0 radical (unpaired) electrons. The summed E-state index contributed by atoms with van der Waals surface area (Å²) in [4.78, 5) is 33.5. The standard InChI is InChI=1S/C25H31N3O3/c1-25(2,3)19-9-7-17(8-10-19)21-20(22(29)18-11-13-26-14-12-18)23(30)24(31)28(21)16-6-15-27(4)5/h7-14,21,29H,6,15-16H2,1-5H3/t21-/m0/s1. The van der Waals surface area contributed by atoms with Crippen molar-refractivity contribution in [3.8, 4) is 0 Å². The van der Waals surface area contributed by atoms with Gasteiger partial charge in [0.05, 0.1) is 11.6 Å². The molecule has 1 atom stereocenters. The second kappa shape index (κ2) is 9.02. The molecular weight excluding hydrogens is 390 g/mol. The van der Waals surface area contributed by atoms with Gasteiger partial charge in [0, 0.05) is 24.5 Å². The van der Waals surface area contributed by atoms with Gasteiger partial charge in [-0.15, -0.1) is 0 Å². The van der Waals surface area contributed by atoms with Crippen LogP contribution in [-0.2, 0) is 15.0 Å². The number of aliphatic hydroxyl groups is 1. The van der Waals surface area contributed by atoms with Crippen LogP contribution >= 0.6 is 0 Å². The zero-order valence-electron chi connectivity index (χ0n) is 18.9. The predicted octanol–water partition coefficient (Wildman–Crippen LogP) is 3.75. The number of hydrogen-bond donors (Lipinski definition) is 1. The molecule has 1 fully saturated rings. The second-order valence-electron chi connectivity index (χ2n) is 9.26. The highest BCUT2D eigenvalue weighted by molar-refractivity contribution is 6.46. The maximum atomic E-state index is 13.0. The van der Waals surface area contributed by atoms with Crippen LogP contribution in [0.25, 0.3) is 5.76 Å². The molecule has 1 amide bonds. The molecule has 1 N–H and O–H groups in total. The van der Waals surface area contributed by atoms with Crippen LogP contribution in [0.5, 0.6) is 0 Å². The van der Waals surface area contributed by atoms with E-state index in [1.54, 1.807) is 29.4 Å². The molecule has 2 heterocycles. The first kappa shape index (κ1) is 22.7. The van der Waals surface area contributed by atoms with E-state index in [0.717, 1.165) is 24.1 Å².